The first-order chi connectivity index (χ1) is 14.1. The minimum Gasteiger partial charge on any atom is -0.318 e. The van der Waals surface area contributed by atoms with Crippen molar-refractivity contribution in [3.05, 3.63) is 58.4 Å². The Balaban J connectivity index is 1.91. The van der Waals surface area contributed by atoms with Gasteiger partial charge in [-0.3, -0.25) is 10.1 Å². The van der Waals surface area contributed by atoms with Crippen molar-refractivity contribution >= 4 is 38.5 Å². The van der Waals surface area contributed by atoms with Crippen LogP contribution in [0.5, 0.6) is 0 Å². The molecular formula is C20H19N5O3S2. The van der Waals surface area contributed by atoms with E-state index in [1.165, 1.54) is 6.08 Å². The molecule has 3 aromatic rings. The number of benzene rings is 1. The van der Waals surface area contributed by atoms with Gasteiger partial charge in [-0.05, 0) is 56.2 Å². The van der Waals surface area contributed by atoms with E-state index in [0.717, 1.165) is 46.0 Å². The van der Waals surface area contributed by atoms with Gasteiger partial charge in [-0.15, -0.1) is 0 Å². The summed E-state index contributed by atoms with van der Waals surface area (Å²) in [6, 6.07) is 11.8. The summed E-state index contributed by atoms with van der Waals surface area (Å²) in [5.74, 6) is -0.686. The molecule has 1 amide bonds. The number of hydrogen-bond acceptors (Lipinski definition) is 7. The van der Waals surface area contributed by atoms with Crippen molar-refractivity contribution < 1.29 is 13.2 Å². The number of carbonyl (C=O) groups excluding carboxylic acids is 1. The van der Waals surface area contributed by atoms with E-state index in [4.69, 9.17) is 0 Å². The van der Waals surface area contributed by atoms with Crippen molar-refractivity contribution in [2.24, 2.45) is 0 Å². The van der Waals surface area contributed by atoms with E-state index >= 15 is 0 Å². The summed E-state index contributed by atoms with van der Waals surface area (Å²) in [6.07, 6.45) is 2.48. The molecule has 8 nitrogen and oxygen atoms in total. The van der Waals surface area contributed by atoms with Crippen LogP contribution in [0.4, 0.5) is 5.13 Å². The zero-order chi connectivity index (χ0) is 22.1. The van der Waals surface area contributed by atoms with E-state index in [1.807, 2.05) is 51.1 Å². The summed E-state index contributed by atoms with van der Waals surface area (Å²) >= 11 is 0.734. The van der Waals surface area contributed by atoms with Gasteiger partial charge in [-0.1, -0.05) is 12.1 Å². The number of nitrogens with zero attached hydrogens (tertiary/aromatic N) is 4. The second-order valence-electron chi connectivity index (χ2n) is 6.78. The highest BCUT2D eigenvalue weighted by molar-refractivity contribution is 7.90. The lowest BCUT2D eigenvalue weighted by Gasteiger charge is -2.10. The van der Waals surface area contributed by atoms with Gasteiger partial charge in [-0.25, -0.2) is 8.42 Å². The normalized spacial score (nSPS) is 11.9. The maximum Gasteiger partial charge on any atom is 0.268 e. The van der Waals surface area contributed by atoms with Crippen LogP contribution in [0.25, 0.3) is 11.8 Å². The van der Waals surface area contributed by atoms with E-state index in [-0.39, 0.29) is 15.9 Å². The summed E-state index contributed by atoms with van der Waals surface area (Å²) in [7, 11) is -3.57. The lowest BCUT2D eigenvalue weighted by atomic mass is 10.1. The Labute approximate surface area is 178 Å². The van der Waals surface area contributed by atoms with Gasteiger partial charge in [0, 0.05) is 34.9 Å². The number of anilines is 1. The van der Waals surface area contributed by atoms with Gasteiger partial charge in [0.1, 0.15) is 11.6 Å². The number of aryl methyl sites for hydroxylation is 2. The van der Waals surface area contributed by atoms with Gasteiger partial charge < -0.3 is 4.57 Å². The molecule has 0 saturated carbocycles. The lowest BCUT2D eigenvalue weighted by Crippen LogP contribution is -2.13. The van der Waals surface area contributed by atoms with Crippen LogP contribution in [0.3, 0.4) is 0 Å². The molecule has 0 saturated heterocycles. The van der Waals surface area contributed by atoms with Crippen LogP contribution in [0, 0.1) is 32.1 Å². The number of rotatable bonds is 5. The molecule has 0 aliphatic heterocycles. The first kappa shape index (κ1) is 21.4. The smallest absolute Gasteiger partial charge is 0.268 e. The number of amides is 1. The van der Waals surface area contributed by atoms with Gasteiger partial charge in [0.05, 0.1) is 0 Å². The summed E-state index contributed by atoms with van der Waals surface area (Å²) in [4.78, 5) is 16.3. The van der Waals surface area contributed by atoms with Gasteiger partial charge >= 0.3 is 0 Å². The van der Waals surface area contributed by atoms with Crippen LogP contribution in [0.1, 0.15) is 22.5 Å². The molecule has 2 aromatic heterocycles. The van der Waals surface area contributed by atoms with Crippen molar-refractivity contribution in [3.63, 3.8) is 0 Å². The topological polar surface area (TPSA) is 118 Å². The Morgan fingerprint density at radius 3 is 2.60 bits per heavy atom. The Morgan fingerprint density at radius 1 is 1.27 bits per heavy atom. The van der Waals surface area contributed by atoms with Crippen LogP contribution in [0.2, 0.25) is 0 Å². The number of nitriles is 1. The van der Waals surface area contributed by atoms with Gasteiger partial charge in [0.2, 0.25) is 15.0 Å². The van der Waals surface area contributed by atoms with Crippen molar-refractivity contribution in [2.75, 3.05) is 11.6 Å². The second kappa shape index (κ2) is 8.22. The number of sulfone groups is 1. The minimum atomic E-state index is -3.57. The maximum atomic E-state index is 12.5. The molecule has 0 unspecified atom stereocenters. The Hall–Kier alpha value is -3.29. The van der Waals surface area contributed by atoms with Crippen LogP contribution in [-0.4, -0.2) is 34.5 Å². The van der Waals surface area contributed by atoms with Crippen LogP contribution < -0.4 is 5.32 Å². The molecule has 1 N–H and O–H groups in total. The quantitative estimate of drug-likeness (QED) is 0.480. The molecule has 0 aliphatic rings. The molecule has 0 radical (unpaired) electrons. The fourth-order valence-corrected chi connectivity index (χ4v) is 4.42. The van der Waals surface area contributed by atoms with E-state index in [2.05, 4.69) is 25.3 Å². The minimum absolute atomic E-state index is 0.00630. The molecular weight excluding hydrogens is 422 g/mol. The Morgan fingerprint density at radius 2 is 2.00 bits per heavy atom. The highest BCUT2D eigenvalue weighted by atomic mass is 32.2. The predicted molar refractivity (Wildman–Crippen MR) is 115 cm³/mol. The van der Waals surface area contributed by atoms with Gasteiger partial charge in [0.15, 0.2) is 0 Å². The van der Waals surface area contributed by atoms with Crippen LogP contribution in [-0.2, 0) is 14.6 Å². The van der Waals surface area contributed by atoms with Crippen molar-refractivity contribution in [3.8, 4) is 11.8 Å². The van der Waals surface area contributed by atoms with Crippen molar-refractivity contribution in [1.29, 1.82) is 5.26 Å². The highest BCUT2D eigenvalue weighted by Crippen LogP contribution is 2.24. The average Bonchev–Trinajstić information content (AvgIpc) is 3.24. The zero-order valence-electron chi connectivity index (χ0n) is 16.8. The molecule has 154 valence electrons. The summed E-state index contributed by atoms with van der Waals surface area (Å²) in [5, 5.41) is 11.5. The monoisotopic (exact) mass is 441 g/mol. The third kappa shape index (κ3) is 4.48. The summed E-state index contributed by atoms with van der Waals surface area (Å²) < 4.78 is 28.7. The largest absolute Gasteiger partial charge is 0.318 e. The molecule has 0 spiro atoms. The third-order valence-electron chi connectivity index (χ3n) is 4.35. The molecule has 0 fully saturated rings. The number of aromatic nitrogens is 3. The summed E-state index contributed by atoms with van der Waals surface area (Å²) in [5.41, 5.74) is 4.57. The molecule has 0 aliphatic carbocycles. The summed E-state index contributed by atoms with van der Waals surface area (Å²) in [6.45, 7) is 5.88. The Bertz CT molecular complexity index is 1310. The van der Waals surface area contributed by atoms with E-state index in [1.54, 1.807) is 0 Å². The van der Waals surface area contributed by atoms with Crippen LogP contribution in [0.15, 0.2) is 41.1 Å². The molecule has 0 bridgehead atoms. The molecule has 30 heavy (non-hydrogen) atoms. The molecule has 0 atom stereocenters. The first-order valence-corrected chi connectivity index (χ1v) is 11.5. The molecule has 1 aromatic carbocycles. The van der Waals surface area contributed by atoms with Crippen LogP contribution >= 0.6 is 11.5 Å². The van der Waals surface area contributed by atoms with Gasteiger partial charge in [-0.2, -0.15) is 14.6 Å². The number of hydrogen-bond donors (Lipinski definition) is 1. The maximum absolute atomic E-state index is 12.5. The van der Waals surface area contributed by atoms with E-state index in [9.17, 15) is 18.5 Å². The molecule has 2 heterocycles. The zero-order valence-corrected chi connectivity index (χ0v) is 18.4. The second-order valence-corrected chi connectivity index (χ2v) is 9.44. The van der Waals surface area contributed by atoms with Crippen molar-refractivity contribution in [1.82, 2.24) is 13.9 Å². The third-order valence-corrected chi connectivity index (χ3v) is 5.95. The standard InChI is InChI=1S/C20H19N5O3S2/c1-12-6-5-7-17(8-12)25-13(2)9-15(14(25)3)10-16(11-21)18(26)22-19-23-20(24-29-19)30(4,27)28/h5-10H,1-4H3,(H,22,23,24,26). The highest BCUT2D eigenvalue weighted by Gasteiger charge is 2.18. The SMILES string of the molecule is Cc1cccc(-n2c(C)cc(C=C(C#N)C(=O)Nc3nc(S(C)(=O)=O)ns3)c2C)c1. The average molecular weight is 442 g/mol. The number of nitrogens with one attached hydrogen (secondary N) is 1. The molecule has 3 rings (SSSR count). The number of carbonyl (C=O) groups is 1. The van der Waals surface area contributed by atoms with Gasteiger partial charge in [0.25, 0.3) is 11.1 Å². The molecule has 10 heteroatoms. The van der Waals surface area contributed by atoms with E-state index in [0.29, 0.717) is 0 Å². The van der Waals surface area contributed by atoms with E-state index < -0.39 is 15.7 Å². The fraction of sp³-hybridized carbons (Fsp3) is 0.200. The Kier molecular flexibility index (Phi) is 5.87. The fourth-order valence-electron chi connectivity index (χ4n) is 2.98. The lowest BCUT2D eigenvalue weighted by molar-refractivity contribution is -0.112. The van der Waals surface area contributed by atoms with Crippen molar-refractivity contribution in [2.45, 2.75) is 25.9 Å². The first-order valence-electron chi connectivity index (χ1n) is 8.83. The predicted octanol–water partition coefficient (Wildman–Crippen LogP) is 3.20.